The van der Waals surface area contributed by atoms with Gasteiger partial charge in [0.1, 0.15) is 17.1 Å². The van der Waals surface area contributed by atoms with Gasteiger partial charge in [0.05, 0.1) is 18.5 Å². The lowest BCUT2D eigenvalue weighted by Gasteiger charge is -2.09. The number of cyclic esters (lactones) is 1. The SMILES string of the molecule is Cc1c(C(=O)OC2CCOC2=O)cnn1-c1ccccc1F. The van der Waals surface area contributed by atoms with E-state index in [0.717, 1.165) is 0 Å². The lowest BCUT2D eigenvalue weighted by molar-refractivity contribution is -0.145. The fourth-order valence-corrected chi connectivity index (χ4v) is 2.25. The topological polar surface area (TPSA) is 70.4 Å². The largest absolute Gasteiger partial charge is 0.463 e. The molecule has 6 nitrogen and oxygen atoms in total. The molecule has 1 aromatic heterocycles. The number of hydrogen-bond acceptors (Lipinski definition) is 5. The Morgan fingerprint density at radius 2 is 2.23 bits per heavy atom. The molecule has 114 valence electrons. The predicted molar refractivity (Wildman–Crippen MR) is 73.0 cm³/mol. The first-order valence-corrected chi connectivity index (χ1v) is 6.75. The van der Waals surface area contributed by atoms with Crippen LogP contribution in [0.15, 0.2) is 30.5 Å². The van der Waals surface area contributed by atoms with Gasteiger partial charge in [-0.25, -0.2) is 18.7 Å². The molecule has 2 aromatic rings. The molecule has 3 rings (SSSR count). The van der Waals surface area contributed by atoms with Crippen molar-refractivity contribution in [3.63, 3.8) is 0 Å². The Hall–Kier alpha value is -2.70. The number of hydrogen-bond donors (Lipinski definition) is 0. The van der Waals surface area contributed by atoms with Gasteiger partial charge in [-0.1, -0.05) is 12.1 Å². The minimum Gasteiger partial charge on any atom is -0.463 e. The third kappa shape index (κ3) is 2.45. The van der Waals surface area contributed by atoms with Crippen molar-refractivity contribution in [2.45, 2.75) is 19.4 Å². The molecular formula is C15H13FN2O4. The van der Waals surface area contributed by atoms with E-state index in [0.29, 0.717) is 12.1 Å². The van der Waals surface area contributed by atoms with Gasteiger partial charge in [-0.05, 0) is 19.1 Å². The third-order valence-electron chi connectivity index (χ3n) is 3.45. The van der Waals surface area contributed by atoms with E-state index in [4.69, 9.17) is 9.47 Å². The van der Waals surface area contributed by atoms with Crippen LogP contribution in [0, 0.1) is 12.7 Å². The molecule has 1 saturated heterocycles. The van der Waals surface area contributed by atoms with E-state index in [9.17, 15) is 14.0 Å². The van der Waals surface area contributed by atoms with Crippen molar-refractivity contribution in [3.8, 4) is 5.69 Å². The lowest BCUT2D eigenvalue weighted by Crippen LogP contribution is -2.23. The van der Waals surface area contributed by atoms with E-state index in [2.05, 4.69) is 5.10 Å². The van der Waals surface area contributed by atoms with E-state index >= 15 is 0 Å². The molecule has 0 spiro atoms. The number of para-hydroxylation sites is 1. The van der Waals surface area contributed by atoms with E-state index in [-0.39, 0.29) is 17.9 Å². The Morgan fingerprint density at radius 3 is 2.91 bits per heavy atom. The summed E-state index contributed by atoms with van der Waals surface area (Å²) >= 11 is 0. The van der Waals surface area contributed by atoms with Crippen LogP contribution in [-0.2, 0) is 14.3 Å². The van der Waals surface area contributed by atoms with Crippen molar-refractivity contribution in [1.29, 1.82) is 0 Å². The number of rotatable bonds is 3. The van der Waals surface area contributed by atoms with Crippen molar-refractivity contribution in [1.82, 2.24) is 9.78 Å². The second kappa shape index (κ2) is 5.59. The zero-order chi connectivity index (χ0) is 15.7. The first kappa shape index (κ1) is 14.2. The Bertz CT molecular complexity index is 741. The quantitative estimate of drug-likeness (QED) is 0.809. The molecule has 0 bridgehead atoms. The lowest BCUT2D eigenvalue weighted by atomic mass is 10.2. The number of aromatic nitrogens is 2. The zero-order valence-corrected chi connectivity index (χ0v) is 11.8. The van der Waals surface area contributed by atoms with E-state index in [1.165, 1.54) is 16.9 Å². The highest BCUT2D eigenvalue weighted by Gasteiger charge is 2.31. The fourth-order valence-electron chi connectivity index (χ4n) is 2.25. The van der Waals surface area contributed by atoms with Crippen LogP contribution in [0.2, 0.25) is 0 Å². The molecule has 2 heterocycles. The summed E-state index contributed by atoms with van der Waals surface area (Å²) < 4.78 is 25.0. The normalized spacial score (nSPS) is 17.4. The van der Waals surface area contributed by atoms with Gasteiger partial charge < -0.3 is 9.47 Å². The van der Waals surface area contributed by atoms with Crippen LogP contribution in [0.25, 0.3) is 5.69 Å². The van der Waals surface area contributed by atoms with Crippen molar-refractivity contribution in [2.24, 2.45) is 0 Å². The summed E-state index contributed by atoms with van der Waals surface area (Å²) in [6.45, 7) is 1.87. The van der Waals surface area contributed by atoms with Crippen molar-refractivity contribution in [3.05, 3.63) is 47.5 Å². The highest BCUT2D eigenvalue weighted by Crippen LogP contribution is 2.19. The second-order valence-electron chi connectivity index (χ2n) is 4.86. The Kier molecular flexibility index (Phi) is 3.62. The predicted octanol–water partition coefficient (Wildman–Crippen LogP) is 1.79. The van der Waals surface area contributed by atoms with Crippen LogP contribution in [0.5, 0.6) is 0 Å². The summed E-state index contributed by atoms with van der Waals surface area (Å²) in [6.07, 6.45) is 0.749. The molecule has 7 heteroatoms. The van der Waals surface area contributed by atoms with E-state index < -0.39 is 23.9 Å². The summed E-state index contributed by atoms with van der Waals surface area (Å²) in [5, 5.41) is 4.02. The average molecular weight is 304 g/mol. The highest BCUT2D eigenvalue weighted by atomic mass is 19.1. The van der Waals surface area contributed by atoms with Gasteiger partial charge in [-0.2, -0.15) is 5.10 Å². The number of carbonyl (C=O) groups is 2. The summed E-state index contributed by atoms with van der Waals surface area (Å²) in [7, 11) is 0. The summed E-state index contributed by atoms with van der Waals surface area (Å²) in [5.41, 5.74) is 0.851. The third-order valence-corrected chi connectivity index (χ3v) is 3.45. The number of esters is 2. The Labute approximate surface area is 125 Å². The van der Waals surface area contributed by atoms with E-state index in [1.54, 1.807) is 25.1 Å². The monoisotopic (exact) mass is 304 g/mol. The summed E-state index contributed by atoms with van der Waals surface area (Å²) in [4.78, 5) is 23.4. The van der Waals surface area contributed by atoms with Gasteiger partial charge >= 0.3 is 11.9 Å². The van der Waals surface area contributed by atoms with Gasteiger partial charge in [0, 0.05) is 6.42 Å². The molecule has 1 aliphatic rings. The summed E-state index contributed by atoms with van der Waals surface area (Å²) in [5.74, 6) is -1.68. The first-order chi connectivity index (χ1) is 10.6. The Balaban J connectivity index is 1.86. The fraction of sp³-hybridized carbons (Fsp3) is 0.267. The van der Waals surface area contributed by atoms with Gasteiger partial charge in [0.25, 0.3) is 0 Å². The molecule has 0 amide bonds. The average Bonchev–Trinajstić information content (AvgIpc) is 3.06. The number of nitrogens with zero attached hydrogens (tertiary/aromatic N) is 2. The van der Waals surface area contributed by atoms with Gasteiger partial charge in [0.2, 0.25) is 6.10 Å². The van der Waals surface area contributed by atoms with Crippen LogP contribution in [0.3, 0.4) is 0 Å². The van der Waals surface area contributed by atoms with Crippen LogP contribution < -0.4 is 0 Å². The van der Waals surface area contributed by atoms with Crippen molar-refractivity contribution >= 4 is 11.9 Å². The molecule has 1 unspecified atom stereocenters. The maximum atomic E-state index is 13.8. The molecule has 1 fully saturated rings. The van der Waals surface area contributed by atoms with E-state index in [1.807, 2.05) is 0 Å². The number of benzene rings is 1. The zero-order valence-electron chi connectivity index (χ0n) is 11.8. The van der Waals surface area contributed by atoms with Crippen LogP contribution >= 0.6 is 0 Å². The number of ether oxygens (including phenoxy) is 2. The van der Waals surface area contributed by atoms with Gasteiger partial charge in [0.15, 0.2) is 0 Å². The van der Waals surface area contributed by atoms with Gasteiger partial charge in [-0.15, -0.1) is 0 Å². The Morgan fingerprint density at radius 1 is 1.45 bits per heavy atom. The molecule has 1 aromatic carbocycles. The molecule has 0 saturated carbocycles. The maximum absolute atomic E-state index is 13.8. The van der Waals surface area contributed by atoms with Crippen molar-refractivity contribution < 1.29 is 23.5 Å². The molecule has 22 heavy (non-hydrogen) atoms. The molecule has 0 radical (unpaired) electrons. The molecule has 0 N–H and O–H groups in total. The maximum Gasteiger partial charge on any atom is 0.347 e. The minimum absolute atomic E-state index is 0.183. The van der Waals surface area contributed by atoms with Crippen molar-refractivity contribution in [2.75, 3.05) is 6.61 Å². The van der Waals surface area contributed by atoms with Crippen LogP contribution in [0.4, 0.5) is 4.39 Å². The summed E-state index contributed by atoms with van der Waals surface area (Å²) in [6, 6.07) is 6.10. The molecular weight excluding hydrogens is 291 g/mol. The molecule has 1 atom stereocenters. The molecule has 0 aliphatic carbocycles. The standard InChI is InChI=1S/C15H13FN2O4/c1-9-10(14(19)22-13-6-7-21-15(13)20)8-17-18(9)12-5-3-2-4-11(12)16/h2-5,8,13H,6-7H2,1H3. The smallest absolute Gasteiger partial charge is 0.347 e. The number of carbonyl (C=O) groups excluding carboxylic acids is 2. The van der Waals surface area contributed by atoms with Crippen LogP contribution in [0.1, 0.15) is 22.5 Å². The second-order valence-corrected chi connectivity index (χ2v) is 4.86. The number of halogens is 1. The van der Waals surface area contributed by atoms with Crippen LogP contribution in [-0.4, -0.2) is 34.4 Å². The first-order valence-electron chi connectivity index (χ1n) is 6.75. The highest BCUT2D eigenvalue weighted by molar-refractivity contribution is 5.92. The molecule has 1 aliphatic heterocycles. The van der Waals surface area contributed by atoms with Gasteiger partial charge in [-0.3, -0.25) is 0 Å². The minimum atomic E-state index is -0.885.